The van der Waals surface area contributed by atoms with Crippen LogP contribution in [0.2, 0.25) is 5.02 Å². The number of carbonyl (C=O) groups excluding carboxylic acids is 1. The van der Waals surface area contributed by atoms with Crippen LogP contribution in [0.4, 0.5) is 5.69 Å². The number of anilines is 1. The van der Waals surface area contributed by atoms with E-state index in [4.69, 9.17) is 16.3 Å². The summed E-state index contributed by atoms with van der Waals surface area (Å²) in [6.07, 6.45) is 9.23. The molecule has 1 aromatic heterocycles. The van der Waals surface area contributed by atoms with Gasteiger partial charge in [0.2, 0.25) is 0 Å². The van der Waals surface area contributed by atoms with Gasteiger partial charge in [-0.1, -0.05) is 30.9 Å². The molecule has 0 atom stereocenters. The molecule has 1 amide bonds. The number of carbonyl (C=O) groups is 1. The van der Waals surface area contributed by atoms with Gasteiger partial charge in [0.1, 0.15) is 5.75 Å². The van der Waals surface area contributed by atoms with Gasteiger partial charge in [0.25, 0.3) is 5.91 Å². The van der Waals surface area contributed by atoms with Gasteiger partial charge < -0.3 is 10.1 Å². The zero-order valence-corrected chi connectivity index (χ0v) is 13.6. The van der Waals surface area contributed by atoms with Gasteiger partial charge in [-0.15, -0.1) is 0 Å². The molecule has 1 aliphatic carbocycles. The third-order valence-electron chi connectivity index (χ3n) is 4.16. The monoisotopic (exact) mass is 333 g/mol. The molecule has 5 nitrogen and oxygen atoms in total. The average molecular weight is 334 g/mol. The van der Waals surface area contributed by atoms with Gasteiger partial charge in [-0.2, -0.15) is 5.10 Å². The summed E-state index contributed by atoms with van der Waals surface area (Å²) < 4.78 is 5.75. The first-order valence-corrected chi connectivity index (χ1v) is 8.31. The number of halogens is 1. The first-order valence-electron chi connectivity index (χ1n) is 7.93. The van der Waals surface area contributed by atoms with Gasteiger partial charge >= 0.3 is 0 Å². The topological polar surface area (TPSA) is 67.0 Å². The maximum absolute atomic E-state index is 11.9. The van der Waals surface area contributed by atoms with E-state index in [0.29, 0.717) is 16.6 Å². The number of hydrogen-bond donors (Lipinski definition) is 2. The lowest BCUT2D eigenvalue weighted by Crippen LogP contribution is -2.20. The molecular formula is C17H20ClN3O2. The molecule has 1 aromatic carbocycles. The van der Waals surface area contributed by atoms with E-state index in [1.165, 1.54) is 19.3 Å². The highest BCUT2D eigenvalue weighted by Crippen LogP contribution is 2.38. The summed E-state index contributed by atoms with van der Waals surface area (Å²) in [6, 6.07) is 5.63. The highest BCUT2D eigenvalue weighted by Gasteiger charge is 2.20. The second-order valence-corrected chi connectivity index (χ2v) is 6.28. The number of aromatic amines is 1. The molecule has 3 rings (SSSR count). The molecule has 6 heteroatoms. The molecule has 122 valence electrons. The summed E-state index contributed by atoms with van der Waals surface area (Å²) in [5, 5.41) is 9.86. The summed E-state index contributed by atoms with van der Waals surface area (Å²) in [4.78, 5) is 11.9. The van der Waals surface area contributed by atoms with Crippen molar-refractivity contribution in [2.45, 2.75) is 38.0 Å². The highest BCUT2D eigenvalue weighted by molar-refractivity contribution is 6.30. The molecule has 0 spiro atoms. The summed E-state index contributed by atoms with van der Waals surface area (Å²) in [5.74, 6) is 1.01. The molecule has 0 bridgehead atoms. The van der Waals surface area contributed by atoms with E-state index in [9.17, 15) is 4.79 Å². The Balaban J connectivity index is 1.65. The van der Waals surface area contributed by atoms with Crippen LogP contribution < -0.4 is 10.1 Å². The Bertz CT molecular complexity index is 652. The average Bonchev–Trinajstić information content (AvgIpc) is 3.07. The van der Waals surface area contributed by atoms with E-state index in [1.54, 1.807) is 18.5 Å². The van der Waals surface area contributed by atoms with Gasteiger partial charge in [0.15, 0.2) is 6.61 Å². The fourth-order valence-electron chi connectivity index (χ4n) is 3.04. The van der Waals surface area contributed by atoms with Crippen LogP contribution in [0.25, 0.3) is 0 Å². The number of benzene rings is 1. The zero-order valence-electron chi connectivity index (χ0n) is 12.8. The van der Waals surface area contributed by atoms with Crippen LogP contribution >= 0.6 is 11.6 Å². The number of rotatable bonds is 5. The van der Waals surface area contributed by atoms with Crippen molar-refractivity contribution in [2.24, 2.45) is 0 Å². The molecule has 1 heterocycles. The minimum absolute atomic E-state index is 0.0352. The third kappa shape index (κ3) is 4.26. The second kappa shape index (κ2) is 7.51. The maximum atomic E-state index is 11.9. The minimum atomic E-state index is -0.212. The number of hydrogen-bond acceptors (Lipinski definition) is 3. The summed E-state index contributed by atoms with van der Waals surface area (Å²) >= 11 is 6.15. The van der Waals surface area contributed by atoms with Gasteiger partial charge in [0, 0.05) is 11.2 Å². The van der Waals surface area contributed by atoms with Crippen LogP contribution in [0, 0.1) is 0 Å². The molecule has 0 unspecified atom stereocenters. The highest BCUT2D eigenvalue weighted by atomic mass is 35.5. The normalized spacial score (nSPS) is 15.3. The summed E-state index contributed by atoms with van der Waals surface area (Å²) in [7, 11) is 0. The van der Waals surface area contributed by atoms with E-state index in [2.05, 4.69) is 15.5 Å². The van der Waals surface area contributed by atoms with Crippen molar-refractivity contribution in [3.8, 4) is 5.75 Å². The number of ether oxygens (including phenoxy) is 1. The van der Waals surface area contributed by atoms with Crippen molar-refractivity contribution in [3.05, 3.63) is 41.2 Å². The van der Waals surface area contributed by atoms with Crippen LogP contribution in [0.1, 0.15) is 43.6 Å². The lowest BCUT2D eigenvalue weighted by molar-refractivity contribution is -0.118. The number of aromatic nitrogens is 2. The Morgan fingerprint density at radius 1 is 1.35 bits per heavy atom. The first-order chi connectivity index (χ1) is 11.2. The number of amides is 1. The predicted octanol–water partition coefficient (Wildman–Crippen LogP) is 4.13. The van der Waals surface area contributed by atoms with E-state index < -0.39 is 0 Å². The molecule has 2 N–H and O–H groups in total. The van der Waals surface area contributed by atoms with Gasteiger partial charge in [0.05, 0.1) is 11.9 Å². The van der Waals surface area contributed by atoms with E-state index >= 15 is 0 Å². The third-order valence-corrected chi connectivity index (χ3v) is 4.39. The Kier molecular flexibility index (Phi) is 5.18. The summed E-state index contributed by atoms with van der Waals surface area (Å²) in [5.41, 5.74) is 1.75. The van der Waals surface area contributed by atoms with E-state index in [-0.39, 0.29) is 12.5 Å². The Morgan fingerprint density at radius 3 is 2.91 bits per heavy atom. The Morgan fingerprint density at radius 2 is 2.17 bits per heavy atom. The quantitative estimate of drug-likeness (QED) is 0.864. The zero-order chi connectivity index (χ0) is 16.1. The Labute approximate surface area is 140 Å². The number of H-pyrrole nitrogens is 1. The lowest BCUT2D eigenvalue weighted by Gasteiger charge is -2.24. The van der Waals surface area contributed by atoms with Gasteiger partial charge in [-0.25, -0.2) is 0 Å². The predicted molar refractivity (Wildman–Crippen MR) is 90.0 cm³/mol. The molecule has 23 heavy (non-hydrogen) atoms. The van der Waals surface area contributed by atoms with E-state index in [0.717, 1.165) is 24.2 Å². The maximum Gasteiger partial charge on any atom is 0.262 e. The minimum Gasteiger partial charge on any atom is -0.483 e. The van der Waals surface area contributed by atoms with Gasteiger partial charge in [-0.05, 0) is 42.5 Å². The summed E-state index contributed by atoms with van der Waals surface area (Å²) in [6.45, 7) is -0.0352. The molecule has 1 saturated carbocycles. The van der Waals surface area contributed by atoms with Crippen LogP contribution in [0.5, 0.6) is 5.75 Å². The smallest absolute Gasteiger partial charge is 0.262 e. The number of nitrogens with zero attached hydrogens (tertiary/aromatic N) is 1. The molecule has 0 saturated heterocycles. The molecule has 0 aliphatic heterocycles. The molecule has 2 aromatic rings. The SMILES string of the molecule is O=C(COc1ccc(Cl)cc1C1CCCCC1)Nc1cn[nH]c1. The molecule has 0 radical (unpaired) electrons. The van der Waals surface area contributed by atoms with Crippen LogP contribution in [0.15, 0.2) is 30.6 Å². The van der Waals surface area contributed by atoms with Crippen molar-refractivity contribution in [3.63, 3.8) is 0 Å². The molecule has 1 aliphatic rings. The van der Waals surface area contributed by atoms with Crippen LogP contribution in [-0.4, -0.2) is 22.7 Å². The van der Waals surface area contributed by atoms with Crippen molar-refractivity contribution in [2.75, 3.05) is 11.9 Å². The second-order valence-electron chi connectivity index (χ2n) is 5.84. The number of nitrogens with one attached hydrogen (secondary N) is 2. The fourth-order valence-corrected chi connectivity index (χ4v) is 3.22. The largest absolute Gasteiger partial charge is 0.483 e. The lowest BCUT2D eigenvalue weighted by atomic mass is 9.84. The van der Waals surface area contributed by atoms with E-state index in [1.807, 2.05) is 12.1 Å². The van der Waals surface area contributed by atoms with Gasteiger partial charge in [-0.3, -0.25) is 9.89 Å². The van der Waals surface area contributed by atoms with Crippen molar-refractivity contribution < 1.29 is 9.53 Å². The molecule has 1 fully saturated rings. The first kappa shape index (κ1) is 15.9. The molecular weight excluding hydrogens is 314 g/mol. The Hall–Kier alpha value is -2.01. The van der Waals surface area contributed by atoms with Crippen LogP contribution in [-0.2, 0) is 4.79 Å². The van der Waals surface area contributed by atoms with Crippen molar-refractivity contribution >= 4 is 23.2 Å². The van der Waals surface area contributed by atoms with Crippen LogP contribution in [0.3, 0.4) is 0 Å². The van der Waals surface area contributed by atoms with Crippen molar-refractivity contribution in [1.29, 1.82) is 0 Å². The fraction of sp³-hybridized carbons (Fsp3) is 0.412. The standard InChI is InChI=1S/C17H20ClN3O2/c18-13-6-7-16(15(8-13)12-4-2-1-3-5-12)23-11-17(22)21-14-9-19-20-10-14/h6-10,12H,1-5,11H2,(H,19,20)(H,21,22). The van der Waals surface area contributed by atoms with Crippen molar-refractivity contribution in [1.82, 2.24) is 10.2 Å².